The Bertz CT molecular complexity index is 682. The Morgan fingerprint density at radius 3 is 3.05 bits per heavy atom. The molecule has 1 N–H and O–H groups in total. The number of halogens is 1. The van der Waals surface area contributed by atoms with Gasteiger partial charge in [-0.2, -0.15) is 20.7 Å². The Labute approximate surface area is 127 Å². The van der Waals surface area contributed by atoms with Gasteiger partial charge in [0.25, 0.3) is 0 Å². The van der Waals surface area contributed by atoms with Crippen LogP contribution in [0.5, 0.6) is 0 Å². The second kappa shape index (κ2) is 6.22. The number of H-pyrrole nitrogens is 1. The summed E-state index contributed by atoms with van der Waals surface area (Å²) in [6.45, 7) is 1.83. The van der Waals surface area contributed by atoms with Gasteiger partial charge in [0, 0.05) is 38.2 Å². The number of hydrogen-bond acceptors (Lipinski definition) is 5. The summed E-state index contributed by atoms with van der Waals surface area (Å²) >= 11 is 0. The molecule has 0 unspecified atom stereocenters. The van der Waals surface area contributed by atoms with E-state index in [-0.39, 0.29) is 17.8 Å². The maximum absolute atomic E-state index is 13.9. The largest absolute Gasteiger partial charge is 0.379 e. The number of rotatable bonds is 4. The van der Waals surface area contributed by atoms with Crippen LogP contribution in [0.1, 0.15) is 22.7 Å². The van der Waals surface area contributed by atoms with Crippen LogP contribution in [0.3, 0.4) is 0 Å². The van der Waals surface area contributed by atoms with E-state index in [4.69, 9.17) is 10.00 Å². The van der Waals surface area contributed by atoms with E-state index in [1.165, 1.54) is 12.1 Å². The molecule has 2 aromatic rings. The highest BCUT2D eigenvalue weighted by Crippen LogP contribution is 2.29. The van der Waals surface area contributed by atoms with E-state index < -0.39 is 0 Å². The van der Waals surface area contributed by atoms with Crippen LogP contribution in [0.4, 0.5) is 4.39 Å². The van der Waals surface area contributed by atoms with Crippen molar-refractivity contribution in [2.75, 3.05) is 20.2 Å². The molecule has 0 radical (unpaired) electrons. The highest BCUT2D eigenvalue weighted by Gasteiger charge is 2.35. The van der Waals surface area contributed by atoms with Crippen molar-refractivity contribution in [3.8, 4) is 6.07 Å². The first-order chi connectivity index (χ1) is 10.7. The maximum atomic E-state index is 13.9. The Balaban J connectivity index is 1.76. The molecule has 0 bridgehead atoms. The average Bonchev–Trinajstić information content (AvgIpc) is 3.18. The minimum absolute atomic E-state index is 0.00712. The lowest BCUT2D eigenvalue weighted by Gasteiger charge is -2.16. The monoisotopic (exact) mass is 301 g/mol. The van der Waals surface area contributed by atoms with Crippen LogP contribution >= 0.6 is 0 Å². The first-order valence-electron chi connectivity index (χ1n) is 7.00. The van der Waals surface area contributed by atoms with Crippen LogP contribution in [-0.2, 0) is 11.3 Å². The van der Waals surface area contributed by atoms with Crippen molar-refractivity contribution < 1.29 is 9.13 Å². The fourth-order valence-electron chi connectivity index (χ4n) is 2.90. The molecule has 2 atom stereocenters. The Hall–Kier alpha value is -2.30. The topological polar surface area (TPSA) is 77.8 Å². The Morgan fingerprint density at radius 1 is 1.50 bits per heavy atom. The van der Waals surface area contributed by atoms with Crippen molar-refractivity contribution in [2.24, 2.45) is 0 Å². The van der Waals surface area contributed by atoms with Gasteiger partial charge in [-0.3, -0.25) is 4.90 Å². The quantitative estimate of drug-likeness (QED) is 0.924. The molecule has 114 valence electrons. The second-order valence-electron chi connectivity index (χ2n) is 5.39. The van der Waals surface area contributed by atoms with Gasteiger partial charge in [-0.25, -0.2) is 4.39 Å². The summed E-state index contributed by atoms with van der Waals surface area (Å²) in [6, 6.07) is 6.46. The zero-order chi connectivity index (χ0) is 15.5. The van der Waals surface area contributed by atoms with Crippen LogP contribution in [0.25, 0.3) is 0 Å². The molecule has 0 aliphatic carbocycles. The molecule has 7 heteroatoms. The van der Waals surface area contributed by atoms with Crippen molar-refractivity contribution >= 4 is 0 Å². The van der Waals surface area contributed by atoms with E-state index in [2.05, 4.69) is 20.3 Å². The predicted molar refractivity (Wildman–Crippen MR) is 76.3 cm³/mol. The van der Waals surface area contributed by atoms with Gasteiger partial charge in [-0.1, -0.05) is 0 Å². The van der Waals surface area contributed by atoms with E-state index in [1.54, 1.807) is 19.4 Å². The van der Waals surface area contributed by atoms with Crippen molar-refractivity contribution in [2.45, 2.75) is 18.6 Å². The van der Waals surface area contributed by atoms with E-state index in [0.29, 0.717) is 30.8 Å². The summed E-state index contributed by atoms with van der Waals surface area (Å²) in [5, 5.41) is 19.5. The summed E-state index contributed by atoms with van der Waals surface area (Å²) in [7, 11) is 1.66. The number of nitrogens with zero attached hydrogens (tertiary/aromatic N) is 4. The molecular weight excluding hydrogens is 285 g/mol. The van der Waals surface area contributed by atoms with Crippen LogP contribution in [-0.4, -0.2) is 46.6 Å². The predicted octanol–water partition coefficient (Wildman–Crippen LogP) is 1.43. The van der Waals surface area contributed by atoms with Crippen LogP contribution in [0.15, 0.2) is 24.4 Å². The van der Waals surface area contributed by atoms with Gasteiger partial charge in [0.05, 0.1) is 29.6 Å². The second-order valence-corrected chi connectivity index (χ2v) is 5.39. The normalized spacial score (nSPS) is 21.9. The zero-order valence-electron chi connectivity index (χ0n) is 12.2. The van der Waals surface area contributed by atoms with E-state index in [1.807, 2.05) is 6.07 Å². The lowest BCUT2D eigenvalue weighted by Crippen LogP contribution is -2.23. The standard InChI is InChI=1S/C15H16FN5O/c1-22-15-9-21(8-12(15)14-6-18-20-19-14)7-11-4-10(5-17)2-3-13(11)16/h2-4,6,12,15H,7-9H2,1H3,(H,18,19,20)/t12-,15+/m0/s1. The molecule has 0 spiro atoms. The SMILES string of the molecule is CO[C@@H]1CN(Cc2cc(C#N)ccc2F)C[C@H]1c1cn[nH]n1. The number of benzene rings is 1. The van der Waals surface area contributed by atoms with Crippen LogP contribution in [0, 0.1) is 17.1 Å². The number of aromatic nitrogens is 3. The van der Waals surface area contributed by atoms with Gasteiger partial charge >= 0.3 is 0 Å². The van der Waals surface area contributed by atoms with Gasteiger partial charge < -0.3 is 4.74 Å². The van der Waals surface area contributed by atoms with Crippen molar-refractivity contribution in [1.29, 1.82) is 5.26 Å². The van der Waals surface area contributed by atoms with Crippen LogP contribution in [0.2, 0.25) is 0 Å². The van der Waals surface area contributed by atoms with E-state index in [9.17, 15) is 4.39 Å². The number of nitriles is 1. The number of nitrogens with one attached hydrogen (secondary N) is 1. The molecule has 6 nitrogen and oxygen atoms in total. The third-order valence-electron chi connectivity index (χ3n) is 4.03. The van der Waals surface area contributed by atoms with Crippen LogP contribution < -0.4 is 0 Å². The number of hydrogen-bond donors (Lipinski definition) is 1. The summed E-state index contributed by atoms with van der Waals surface area (Å²) in [6.07, 6.45) is 1.68. The molecule has 0 amide bonds. The summed E-state index contributed by atoms with van der Waals surface area (Å²) in [5.41, 5.74) is 1.84. The van der Waals surface area contributed by atoms with Gasteiger partial charge in [0.15, 0.2) is 0 Å². The molecular formula is C15H16FN5O. The van der Waals surface area contributed by atoms with E-state index >= 15 is 0 Å². The molecule has 1 aliphatic heterocycles. The van der Waals surface area contributed by atoms with Gasteiger partial charge in [-0.15, -0.1) is 0 Å². The Kier molecular flexibility index (Phi) is 4.13. The molecule has 22 heavy (non-hydrogen) atoms. The van der Waals surface area contributed by atoms with Gasteiger partial charge in [-0.05, 0) is 18.2 Å². The lowest BCUT2D eigenvalue weighted by atomic mass is 10.0. The molecule has 1 saturated heterocycles. The fourth-order valence-corrected chi connectivity index (χ4v) is 2.90. The van der Waals surface area contributed by atoms with E-state index in [0.717, 1.165) is 5.69 Å². The highest BCUT2D eigenvalue weighted by atomic mass is 19.1. The van der Waals surface area contributed by atoms with Crippen molar-refractivity contribution in [3.63, 3.8) is 0 Å². The smallest absolute Gasteiger partial charge is 0.127 e. The van der Waals surface area contributed by atoms with Gasteiger partial charge in [0.2, 0.25) is 0 Å². The minimum atomic E-state index is -0.294. The molecule has 2 heterocycles. The van der Waals surface area contributed by atoms with Gasteiger partial charge in [0.1, 0.15) is 5.82 Å². The summed E-state index contributed by atoms with van der Waals surface area (Å²) < 4.78 is 19.4. The maximum Gasteiger partial charge on any atom is 0.127 e. The van der Waals surface area contributed by atoms with Crippen molar-refractivity contribution in [3.05, 3.63) is 47.0 Å². The molecule has 1 aromatic carbocycles. The van der Waals surface area contributed by atoms with Crippen molar-refractivity contribution in [1.82, 2.24) is 20.3 Å². The number of likely N-dealkylation sites (tertiary alicyclic amines) is 1. The summed E-state index contributed by atoms with van der Waals surface area (Å²) in [4.78, 5) is 2.10. The lowest BCUT2D eigenvalue weighted by molar-refractivity contribution is 0.0956. The highest BCUT2D eigenvalue weighted by molar-refractivity contribution is 5.33. The fraction of sp³-hybridized carbons (Fsp3) is 0.400. The summed E-state index contributed by atoms with van der Waals surface area (Å²) in [5.74, 6) is -0.191. The third-order valence-corrected chi connectivity index (χ3v) is 4.03. The molecule has 1 aromatic heterocycles. The number of aromatic amines is 1. The molecule has 0 saturated carbocycles. The molecule has 1 aliphatic rings. The average molecular weight is 301 g/mol. The Morgan fingerprint density at radius 2 is 2.36 bits per heavy atom. The number of ether oxygens (including phenoxy) is 1. The first kappa shape index (κ1) is 14.6. The third kappa shape index (κ3) is 2.84. The molecule has 1 fully saturated rings. The number of methoxy groups -OCH3 is 1. The molecule has 3 rings (SSSR count). The first-order valence-corrected chi connectivity index (χ1v) is 7.00. The minimum Gasteiger partial charge on any atom is -0.379 e. The zero-order valence-corrected chi connectivity index (χ0v) is 12.2.